The van der Waals surface area contributed by atoms with Gasteiger partial charge < -0.3 is 5.11 Å². The minimum absolute atomic E-state index is 0.0780. The number of aliphatic hydroxyl groups excluding tert-OH is 1. The van der Waals surface area contributed by atoms with Crippen LogP contribution in [0, 0.1) is 10.1 Å². The Kier molecular flexibility index (Phi) is 5.18. The normalized spacial score (nSPS) is 14.0. The van der Waals surface area contributed by atoms with Gasteiger partial charge in [-0.1, -0.05) is 0 Å². The topological polar surface area (TPSA) is 97.3 Å². The fourth-order valence-electron chi connectivity index (χ4n) is 2.21. The maximum absolute atomic E-state index is 10.6. The second-order valence-electron chi connectivity index (χ2n) is 5.23. The van der Waals surface area contributed by atoms with Gasteiger partial charge in [-0.3, -0.25) is 24.7 Å². The highest BCUT2D eigenvalue weighted by Crippen LogP contribution is 2.18. The van der Waals surface area contributed by atoms with E-state index in [1.807, 2.05) is 31.0 Å². The number of aromatic nitrogens is 3. The van der Waals surface area contributed by atoms with Crippen LogP contribution < -0.4 is 0 Å². The lowest BCUT2D eigenvalue weighted by atomic mass is 10.1. The first-order chi connectivity index (χ1) is 10.5. The highest BCUT2D eigenvalue weighted by molar-refractivity contribution is 5.20. The monoisotopic (exact) mass is 305 g/mol. The maximum atomic E-state index is 10.6. The van der Waals surface area contributed by atoms with Crippen molar-refractivity contribution in [3.8, 4) is 0 Å². The standard InChI is InChI=1S/C14H19N5O3/c1-11(12-3-5-15-6-4-12)17(2)9-14(20)10-18-8-13(7-16-18)19(21)22/h3-8,11,14,20H,9-10H2,1-2H3. The van der Waals surface area contributed by atoms with Crippen LogP contribution in [0.4, 0.5) is 5.69 Å². The molecule has 0 aliphatic carbocycles. The summed E-state index contributed by atoms with van der Waals surface area (Å²) in [5.41, 5.74) is 1.03. The quantitative estimate of drug-likeness (QED) is 0.610. The van der Waals surface area contributed by atoms with Crippen LogP contribution in [0.3, 0.4) is 0 Å². The predicted octanol–water partition coefficient (Wildman–Crippen LogP) is 1.24. The van der Waals surface area contributed by atoms with Crippen molar-refractivity contribution in [3.05, 3.63) is 52.6 Å². The molecular weight excluding hydrogens is 286 g/mol. The Hall–Kier alpha value is -2.32. The van der Waals surface area contributed by atoms with Gasteiger partial charge in [-0.25, -0.2) is 0 Å². The van der Waals surface area contributed by atoms with Crippen LogP contribution in [-0.4, -0.2) is 49.4 Å². The van der Waals surface area contributed by atoms with Gasteiger partial charge >= 0.3 is 5.69 Å². The van der Waals surface area contributed by atoms with Crippen molar-refractivity contribution in [2.24, 2.45) is 0 Å². The molecule has 2 unspecified atom stereocenters. The van der Waals surface area contributed by atoms with E-state index in [9.17, 15) is 15.2 Å². The minimum atomic E-state index is -0.672. The summed E-state index contributed by atoms with van der Waals surface area (Å²) in [6.45, 7) is 2.68. The van der Waals surface area contributed by atoms with E-state index in [0.717, 1.165) is 5.56 Å². The van der Waals surface area contributed by atoms with E-state index in [1.54, 1.807) is 12.4 Å². The van der Waals surface area contributed by atoms with Crippen molar-refractivity contribution in [1.29, 1.82) is 0 Å². The molecule has 0 aromatic carbocycles. The molecule has 22 heavy (non-hydrogen) atoms. The van der Waals surface area contributed by atoms with Crippen molar-refractivity contribution in [2.75, 3.05) is 13.6 Å². The molecule has 2 atom stereocenters. The molecule has 0 aliphatic rings. The summed E-state index contributed by atoms with van der Waals surface area (Å²) in [6.07, 6.45) is 5.29. The van der Waals surface area contributed by atoms with Crippen LogP contribution >= 0.6 is 0 Å². The molecule has 0 saturated heterocycles. The summed E-state index contributed by atoms with van der Waals surface area (Å²) >= 11 is 0. The summed E-state index contributed by atoms with van der Waals surface area (Å²) in [5, 5.41) is 24.6. The van der Waals surface area contributed by atoms with E-state index in [0.29, 0.717) is 6.54 Å². The zero-order chi connectivity index (χ0) is 16.1. The Morgan fingerprint density at radius 1 is 1.45 bits per heavy atom. The van der Waals surface area contributed by atoms with Gasteiger partial charge in [0.2, 0.25) is 0 Å². The van der Waals surface area contributed by atoms with Gasteiger partial charge in [0.05, 0.1) is 17.6 Å². The number of hydrogen-bond acceptors (Lipinski definition) is 6. The number of likely N-dealkylation sites (N-methyl/N-ethyl adjacent to an activating group) is 1. The molecule has 2 aromatic heterocycles. The molecule has 0 radical (unpaired) electrons. The van der Waals surface area contributed by atoms with E-state index in [1.165, 1.54) is 17.1 Å². The zero-order valence-electron chi connectivity index (χ0n) is 12.5. The van der Waals surface area contributed by atoms with Crippen LogP contribution in [-0.2, 0) is 6.54 Å². The van der Waals surface area contributed by atoms with Crippen molar-refractivity contribution in [3.63, 3.8) is 0 Å². The molecule has 1 N–H and O–H groups in total. The molecule has 118 valence electrons. The Morgan fingerprint density at radius 3 is 2.73 bits per heavy atom. The zero-order valence-corrected chi connectivity index (χ0v) is 12.5. The second kappa shape index (κ2) is 7.10. The SMILES string of the molecule is CC(c1ccncc1)N(C)CC(O)Cn1cc([N+](=O)[O-])cn1. The summed E-state index contributed by atoms with van der Waals surface area (Å²) < 4.78 is 1.38. The lowest BCUT2D eigenvalue weighted by molar-refractivity contribution is -0.385. The fraction of sp³-hybridized carbons (Fsp3) is 0.429. The van der Waals surface area contributed by atoms with Gasteiger partial charge in [0, 0.05) is 25.0 Å². The van der Waals surface area contributed by atoms with Crippen molar-refractivity contribution >= 4 is 5.69 Å². The minimum Gasteiger partial charge on any atom is -0.390 e. The van der Waals surface area contributed by atoms with Crippen molar-refractivity contribution < 1.29 is 10.0 Å². The molecule has 0 spiro atoms. The lowest BCUT2D eigenvalue weighted by Gasteiger charge is -2.27. The first-order valence-electron chi connectivity index (χ1n) is 6.92. The van der Waals surface area contributed by atoms with Gasteiger partial charge in [0.1, 0.15) is 12.4 Å². The van der Waals surface area contributed by atoms with E-state index >= 15 is 0 Å². The van der Waals surface area contributed by atoms with Crippen molar-refractivity contribution in [1.82, 2.24) is 19.7 Å². The van der Waals surface area contributed by atoms with Gasteiger partial charge in [0.15, 0.2) is 0 Å². The van der Waals surface area contributed by atoms with E-state index in [2.05, 4.69) is 10.1 Å². The predicted molar refractivity (Wildman–Crippen MR) is 80.2 cm³/mol. The molecule has 2 rings (SSSR count). The molecule has 0 aliphatic heterocycles. The first kappa shape index (κ1) is 16.1. The van der Waals surface area contributed by atoms with Crippen LogP contribution in [0.25, 0.3) is 0 Å². The summed E-state index contributed by atoms with van der Waals surface area (Å²) in [7, 11) is 1.92. The molecule has 8 heteroatoms. The van der Waals surface area contributed by atoms with Crippen LogP contribution in [0.1, 0.15) is 18.5 Å². The van der Waals surface area contributed by atoms with Crippen molar-refractivity contribution in [2.45, 2.75) is 25.6 Å². The number of nitrogens with zero attached hydrogens (tertiary/aromatic N) is 5. The molecule has 0 fully saturated rings. The average Bonchev–Trinajstić information content (AvgIpc) is 2.95. The highest BCUT2D eigenvalue weighted by Gasteiger charge is 2.17. The van der Waals surface area contributed by atoms with E-state index in [-0.39, 0.29) is 18.3 Å². The Bertz CT molecular complexity index is 616. The Balaban J connectivity index is 1.90. The summed E-state index contributed by atoms with van der Waals surface area (Å²) in [5.74, 6) is 0. The van der Waals surface area contributed by atoms with E-state index < -0.39 is 11.0 Å². The summed E-state index contributed by atoms with van der Waals surface area (Å²) in [4.78, 5) is 16.1. The molecule has 0 amide bonds. The number of rotatable bonds is 7. The smallest absolute Gasteiger partial charge is 0.306 e. The number of aliphatic hydroxyl groups is 1. The molecule has 8 nitrogen and oxygen atoms in total. The van der Waals surface area contributed by atoms with Crippen LogP contribution in [0.15, 0.2) is 36.9 Å². The largest absolute Gasteiger partial charge is 0.390 e. The molecule has 0 saturated carbocycles. The number of pyridine rings is 1. The third kappa shape index (κ3) is 4.09. The molecular formula is C14H19N5O3. The van der Waals surface area contributed by atoms with Crippen LogP contribution in [0.2, 0.25) is 0 Å². The molecule has 2 aromatic rings. The summed E-state index contributed by atoms with van der Waals surface area (Å²) in [6, 6.07) is 4.00. The van der Waals surface area contributed by atoms with Crippen LogP contribution in [0.5, 0.6) is 0 Å². The van der Waals surface area contributed by atoms with Gasteiger partial charge in [-0.15, -0.1) is 0 Å². The maximum Gasteiger partial charge on any atom is 0.306 e. The van der Waals surface area contributed by atoms with Gasteiger partial charge in [-0.2, -0.15) is 5.10 Å². The van der Waals surface area contributed by atoms with Gasteiger partial charge in [0.25, 0.3) is 0 Å². The third-order valence-electron chi connectivity index (χ3n) is 3.58. The lowest BCUT2D eigenvalue weighted by Crippen LogP contribution is -2.34. The third-order valence-corrected chi connectivity index (χ3v) is 3.58. The highest BCUT2D eigenvalue weighted by atomic mass is 16.6. The fourth-order valence-corrected chi connectivity index (χ4v) is 2.21. The second-order valence-corrected chi connectivity index (χ2v) is 5.23. The van der Waals surface area contributed by atoms with Gasteiger partial charge in [-0.05, 0) is 31.7 Å². The first-order valence-corrected chi connectivity index (χ1v) is 6.92. The Morgan fingerprint density at radius 2 is 2.14 bits per heavy atom. The number of nitro groups is 1. The average molecular weight is 305 g/mol. The molecule has 0 bridgehead atoms. The number of hydrogen-bond donors (Lipinski definition) is 1. The molecule has 2 heterocycles. The Labute approximate surface area is 128 Å². The van der Waals surface area contributed by atoms with E-state index in [4.69, 9.17) is 0 Å².